The third-order valence-electron chi connectivity index (χ3n) is 4.64. The second-order valence-electron chi connectivity index (χ2n) is 7.74. The third-order valence-corrected chi connectivity index (χ3v) is 5.23. The Balaban J connectivity index is 2.24. The molecule has 0 aliphatic heterocycles. The monoisotopic (exact) mass is 434 g/mol. The van der Waals surface area contributed by atoms with Gasteiger partial charge in [-0.1, -0.05) is 72.9 Å². The van der Waals surface area contributed by atoms with Crippen molar-refractivity contribution < 1.29 is 9.59 Å². The van der Waals surface area contributed by atoms with E-state index in [1.807, 2.05) is 45.0 Å². The van der Waals surface area contributed by atoms with E-state index in [-0.39, 0.29) is 18.2 Å². The van der Waals surface area contributed by atoms with Crippen LogP contribution in [0.25, 0.3) is 0 Å². The molecule has 2 aromatic carbocycles. The summed E-state index contributed by atoms with van der Waals surface area (Å²) in [6.07, 6.45) is 0.101. The highest BCUT2D eigenvalue weighted by atomic mass is 35.5. The fourth-order valence-corrected chi connectivity index (χ4v) is 3.45. The van der Waals surface area contributed by atoms with Crippen molar-refractivity contribution in [2.75, 3.05) is 6.54 Å². The summed E-state index contributed by atoms with van der Waals surface area (Å²) in [5.74, 6) is 0.00443. The minimum Gasteiger partial charge on any atom is -0.354 e. The van der Waals surface area contributed by atoms with E-state index in [0.29, 0.717) is 34.6 Å². The van der Waals surface area contributed by atoms with E-state index in [0.717, 1.165) is 11.1 Å². The molecule has 2 amide bonds. The summed E-state index contributed by atoms with van der Waals surface area (Å²) >= 11 is 12.2. The number of carbonyl (C=O) groups excluding carboxylic acids is 2. The standard InChI is InChI=1S/C23H28Cl2N2O2/c1-15(2)13-26-23(29)17(4)27(14-18-7-5-6-16(3)10-18)22(28)11-19-8-9-20(24)12-21(19)25/h5-10,12,15,17H,11,13-14H2,1-4H3,(H,26,29). The molecule has 2 rings (SSSR count). The van der Waals surface area contributed by atoms with E-state index < -0.39 is 6.04 Å². The maximum Gasteiger partial charge on any atom is 0.242 e. The zero-order valence-corrected chi connectivity index (χ0v) is 18.8. The van der Waals surface area contributed by atoms with Crippen LogP contribution in [-0.2, 0) is 22.6 Å². The smallest absolute Gasteiger partial charge is 0.242 e. The van der Waals surface area contributed by atoms with Crippen LogP contribution in [0.5, 0.6) is 0 Å². The van der Waals surface area contributed by atoms with Crippen molar-refractivity contribution in [3.8, 4) is 0 Å². The summed E-state index contributed by atoms with van der Waals surface area (Å²) in [6, 6.07) is 12.4. The molecule has 0 radical (unpaired) electrons. The minimum atomic E-state index is -0.604. The van der Waals surface area contributed by atoms with Gasteiger partial charge in [0.15, 0.2) is 0 Å². The van der Waals surface area contributed by atoms with Crippen LogP contribution < -0.4 is 5.32 Å². The molecule has 0 aliphatic rings. The highest BCUT2D eigenvalue weighted by molar-refractivity contribution is 6.35. The average Bonchev–Trinajstić information content (AvgIpc) is 2.65. The van der Waals surface area contributed by atoms with Crippen molar-refractivity contribution in [2.24, 2.45) is 5.92 Å². The largest absolute Gasteiger partial charge is 0.354 e. The van der Waals surface area contributed by atoms with E-state index >= 15 is 0 Å². The van der Waals surface area contributed by atoms with E-state index in [9.17, 15) is 9.59 Å². The molecule has 2 aromatic rings. The average molecular weight is 435 g/mol. The van der Waals surface area contributed by atoms with E-state index in [2.05, 4.69) is 5.32 Å². The van der Waals surface area contributed by atoms with E-state index in [1.165, 1.54) is 0 Å². The zero-order valence-electron chi connectivity index (χ0n) is 17.3. The van der Waals surface area contributed by atoms with Gasteiger partial charge in [0, 0.05) is 23.1 Å². The SMILES string of the molecule is Cc1cccc(CN(C(=O)Cc2ccc(Cl)cc2Cl)C(C)C(=O)NCC(C)C)c1. The van der Waals surface area contributed by atoms with Crippen molar-refractivity contribution in [2.45, 2.75) is 46.7 Å². The van der Waals surface area contributed by atoms with Crippen molar-refractivity contribution in [3.05, 3.63) is 69.2 Å². The maximum absolute atomic E-state index is 13.2. The van der Waals surface area contributed by atoms with Gasteiger partial charge in [-0.3, -0.25) is 9.59 Å². The van der Waals surface area contributed by atoms with Gasteiger partial charge in [-0.2, -0.15) is 0 Å². The van der Waals surface area contributed by atoms with Crippen LogP contribution >= 0.6 is 23.2 Å². The first-order valence-electron chi connectivity index (χ1n) is 9.74. The van der Waals surface area contributed by atoms with Crippen LogP contribution in [0.2, 0.25) is 10.0 Å². The molecular formula is C23H28Cl2N2O2. The molecule has 1 unspecified atom stereocenters. The third kappa shape index (κ3) is 7.06. The van der Waals surface area contributed by atoms with Crippen molar-refractivity contribution in [3.63, 3.8) is 0 Å². The summed E-state index contributed by atoms with van der Waals surface area (Å²) in [6.45, 7) is 8.74. The lowest BCUT2D eigenvalue weighted by Gasteiger charge is -2.29. The molecule has 0 aromatic heterocycles. The first-order chi connectivity index (χ1) is 13.7. The van der Waals surface area contributed by atoms with E-state index in [4.69, 9.17) is 23.2 Å². The first-order valence-corrected chi connectivity index (χ1v) is 10.5. The summed E-state index contributed by atoms with van der Waals surface area (Å²) in [4.78, 5) is 27.4. The fourth-order valence-electron chi connectivity index (χ4n) is 2.97. The van der Waals surface area contributed by atoms with Crippen LogP contribution in [0.4, 0.5) is 0 Å². The topological polar surface area (TPSA) is 49.4 Å². The molecule has 6 heteroatoms. The summed E-state index contributed by atoms with van der Waals surface area (Å²) in [7, 11) is 0. The Morgan fingerprint density at radius 1 is 1.07 bits per heavy atom. The molecule has 1 atom stereocenters. The van der Waals surface area contributed by atoms with Crippen LogP contribution in [0.1, 0.15) is 37.5 Å². The first kappa shape index (κ1) is 23.2. The van der Waals surface area contributed by atoms with Crippen LogP contribution in [0.15, 0.2) is 42.5 Å². The molecule has 156 valence electrons. The highest BCUT2D eigenvalue weighted by Gasteiger charge is 2.26. The number of aryl methyl sites for hydroxylation is 1. The Morgan fingerprint density at radius 3 is 2.41 bits per heavy atom. The number of rotatable bonds is 8. The van der Waals surface area contributed by atoms with Gasteiger partial charge in [0.2, 0.25) is 11.8 Å². The minimum absolute atomic E-state index is 0.101. The molecule has 29 heavy (non-hydrogen) atoms. The molecule has 0 aliphatic carbocycles. The summed E-state index contributed by atoms with van der Waals surface area (Å²) < 4.78 is 0. The molecule has 4 nitrogen and oxygen atoms in total. The van der Waals surface area contributed by atoms with E-state index in [1.54, 1.807) is 30.0 Å². The fraction of sp³-hybridized carbons (Fsp3) is 0.391. The number of halogens is 2. The lowest BCUT2D eigenvalue weighted by atomic mass is 10.1. The Hall–Kier alpha value is -2.04. The van der Waals surface area contributed by atoms with Crippen LogP contribution in [-0.4, -0.2) is 29.3 Å². The lowest BCUT2D eigenvalue weighted by Crippen LogP contribution is -2.48. The number of hydrogen-bond acceptors (Lipinski definition) is 2. The zero-order chi connectivity index (χ0) is 21.6. The molecule has 0 fully saturated rings. The Labute approximate surface area is 183 Å². The van der Waals surface area contributed by atoms with Gasteiger partial charge in [0.05, 0.1) is 6.42 Å². The van der Waals surface area contributed by atoms with Gasteiger partial charge < -0.3 is 10.2 Å². The summed E-state index contributed by atoms with van der Waals surface area (Å²) in [5, 5.41) is 3.88. The van der Waals surface area contributed by atoms with Crippen LogP contribution in [0, 0.1) is 12.8 Å². The second kappa shape index (κ2) is 10.7. The normalized spacial score (nSPS) is 12.0. The Bertz CT molecular complexity index is 868. The molecule has 0 saturated carbocycles. The predicted molar refractivity (Wildman–Crippen MR) is 119 cm³/mol. The molecule has 0 spiro atoms. The second-order valence-corrected chi connectivity index (χ2v) is 8.58. The molecular weight excluding hydrogens is 407 g/mol. The number of carbonyl (C=O) groups is 2. The quantitative estimate of drug-likeness (QED) is 0.632. The number of nitrogens with zero attached hydrogens (tertiary/aromatic N) is 1. The van der Waals surface area contributed by atoms with Crippen molar-refractivity contribution >= 4 is 35.0 Å². The van der Waals surface area contributed by atoms with Crippen molar-refractivity contribution in [1.82, 2.24) is 10.2 Å². The number of benzene rings is 2. The number of hydrogen-bond donors (Lipinski definition) is 1. The lowest BCUT2D eigenvalue weighted by molar-refractivity contribution is -0.140. The van der Waals surface area contributed by atoms with Gasteiger partial charge in [-0.15, -0.1) is 0 Å². The van der Waals surface area contributed by atoms with Crippen LogP contribution in [0.3, 0.4) is 0 Å². The van der Waals surface area contributed by atoms with Gasteiger partial charge >= 0.3 is 0 Å². The molecule has 1 N–H and O–H groups in total. The molecule has 0 heterocycles. The highest BCUT2D eigenvalue weighted by Crippen LogP contribution is 2.23. The number of nitrogens with one attached hydrogen (secondary N) is 1. The molecule has 0 bridgehead atoms. The molecule has 0 saturated heterocycles. The number of amides is 2. The van der Waals surface area contributed by atoms with Gasteiger partial charge in [0.1, 0.15) is 6.04 Å². The Kier molecular flexibility index (Phi) is 8.54. The predicted octanol–water partition coefficient (Wildman–Crippen LogP) is 5.03. The van der Waals surface area contributed by atoms with Gasteiger partial charge in [-0.05, 0) is 43.0 Å². The maximum atomic E-state index is 13.2. The Morgan fingerprint density at radius 2 is 1.79 bits per heavy atom. The van der Waals surface area contributed by atoms with Crippen molar-refractivity contribution in [1.29, 1.82) is 0 Å². The van der Waals surface area contributed by atoms with Gasteiger partial charge in [0.25, 0.3) is 0 Å². The summed E-state index contributed by atoms with van der Waals surface area (Å²) in [5.41, 5.74) is 2.77. The van der Waals surface area contributed by atoms with Gasteiger partial charge in [-0.25, -0.2) is 0 Å².